The molecule has 0 amide bonds. The van der Waals surface area contributed by atoms with Crippen LogP contribution in [0.25, 0.3) is 33.5 Å². The lowest BCUT2D eigenvalue weighted by Crippen LogP contribution is -2.02. The standard InChI is InChI=1S/C26H24N6OS/c1-4-14-32-25(29-30-26(32)34-16-23-28-24(5-2)33-31-23)20-15-22(18-12-10-17(3)11-13-18)27-21-9-7-6-8-19(20)21/h4,6-13,15H,1,5,14,16H2,2-3H3. The van der Waals surface area contributed by atoms with Gasteiger partial charge in [-0.25, -0.2) is 4.98 Å². The summed E-state index contributed by atoms with van der Waals surface area (Å²) < 4.78 is 7.29. The van der Waals surface area contributed by atoms with Crippen LogP contribution < -0.4 is 0 Å². The number of fused-ring (bicyclic) bond motifs is 1. The summed E-state index contributed by atoms with van der Waals surface area (Å²) in [6.45, 7) is 8.59. The molecule has 0 atom stereocenters. The van der Waals surface area contributed by atoms with Crippen LogP contribution >= 0.6 is 11.8 Å². The Morgan fingerprint density at radius 1 is 1.06 bits per heavy atom. The van der Waals surface area contributed by atoms with Crippen molar-refractivity contribution in [2.24, 2.45) is 0 Å². The third kappa shape index (κ3) is 4.36. The Bertz CT molecular complexity index is 1450. The minimum absolute atomic E-state index is 0.546. The average molecular weight is 469 g/mol. The molecule has 34 heavy (non-hydrogen) atoms. The highest BCUT2D eigenvalue weighted by Gasteiger charge is 2.18. The zero-order valence-corrected chi connectivity index (χ0v) is 19.9. The molecule has 0 saturated heterocycles. The van der Waals surface area contributed by atoms with Crippen molar-refractivity contribution in [1.82, 2.24) is 29.9 Å². The summed E-state index contributed by atoms with van der Waals surface area (Å²) in [7, 11) is 0. The highest BCUT2D eigenvalue weighted by Crippen LogP contribution is 2.33. The Hall–Kier alpha value is -3.78. The number of allylic oxidation sites excluding steroid dienone is 1. The van der Waals surface area contributed by atoms with E-state index in [1.54, 1.807) is 0 Å². The number of benzene rings is 2. The molecule has 3 aromatic heterocycles. The molecule has 0 unspecified atom stereocenters. The molecule has 5 aromatic rings. The highest BCUT2D eigenvalue weighted by molar-refractivity contribution is 7.98. The molecule has 0 N–H and O–H groups in total. The Balaban J connectivity index is 1.58. The van der Waals surface area contributed by atoms with Gasteiger partial charge in [-0.2, -0.15) is 4.98 Å². The van der Waals surface area contributed by atoms with Crippen LogP contribution in [0.3, 0.4) is 0 Å². The number of rotatable bonds is 8. The third-order valence-electron chi connectivity index (χ3n) is 5.48. The lowest BCUT2D eigenvalue weighted by atomic mass is 10.0. The minimum Gasteiger partial charge on any atom is -0.339 e. The van der Waals surface area contributed by atoms with Gasteiger partial charge in [0, 0.05) is 29.5 Å². The van der Waals surface area contributed by atoms with Gasteiger partial charge in [0.1, 0.15) is 0 Å². The van der Waals surface area contributed by atoms with Crippen molar-refractivity contribution in [1.29, 1.82) is 0 Å². The fourth-order valence-electron chi connectivity index (χ4n) is 3.74. The highest BCUT2D eigenvalue weighted by atomic mass is 32.2. The number of nitrogens with zero attached hydrogens (tertiary/aromatic N) is 6. The summed E-state index contributed by atoms with van der Waals surface area (Å²) in [6, 6.07) is 18.6. The van der Waals surface area contributed by atoms with Gasteiger partial charge in [-0.05, 0) is 19.1 Å². The number of thioether (sulfide) groups is 1. The number of pyridine rings is 1. The van der Waals surface area contributed by atoms with Crippen molar-refractivity contribution in [3.05, 3.63) is 84.5 Å². The summed E-state index contributed by atoms with van der Waals surface area (Å²) in [5, 5.41) is 14.9. The van der Waals surface area contributed by atoms with Gasteiger partial charge in [0.15, 0.2) is 16.8 Å². The van der Waals surface area contributed by atoms with E-state index in [1.165, 1.54) is 17.3 Å². The molecule has 170 valence electrons. The molecule has 5 rings (SSSR count). The molecule has 2 aromatic carbocycles. The summed E-state index contributed by atoms with van der Waals surface area (Å²) in [5.74, 6) is 2.60. The predicted molar refractivity (Wildman–Crippen MR) is 134 cm³/mol. The van der Waals surface area contributed by atoms with Crippen LogP contribution in [0.15, 0.2) is 76.9 Å². The third-order valence-corrected chi connectivity index (χ3v) is 6.44. The SMILES string of the molecule is C=CCn1c(SCc2noc(CC)n2)nnc1-c1cc(-c2ccc(C)cc2)nc2ccccc12. The Morgan fingerprint density at radius 3 is 2.65 bits per heavy atom. The molecule has 0 fully saturated rings. The van der Waals surface area contributed by atoms with Crippen LogP contribution in [0.2, 0.25) is 0 Å². The van der Waals surface area contributed by atoms with E-state index >= 15 is 0 Å². The van der Waals surface area contributed by atoms with Gasteiger partial charge in [0.25, 0.3) is 0 Å². The molecule has 3 heterocycles. The zero-order valence-electron chi connectivity index (χ0n) is 19.1. The van der Waals surface area contributed by atoms with Gasteiger partial charge in [0.05, 0.1) is 17.0 Å². The first kappa shape index (κ1) is 22.0. The maximum Gasteiger partial charge on any atom is 0.226 e. The van der Waals surface area contributed by atoms with E-state index in [1.807, 2.05) is 31.2 Å². The van der Waals surface area contributed by atoms with Crippen molar-refractivity contribution >= 4 is 22.7 Å². The Kier molecular flexibility index (Phi) is 6.22. The van der Waals surface area contributed by atoms with Crippen LogP contribution in [0.4, 0.5) is 0 Å². The largest absolute Gasteiger partial charge is 0.339 e. The molecule has 0 saturated carbocycles. The average Bonchev–Trinajstić information content (AvgIpc) is 3.49. The molecular formula is C26H24N6OS. The monoisotopic (exact) mass is 468 g/mol. The zero-order chi connectivity index (χ0) is 23.5. The molecule has 0 aliphatic heterocycles. The van der Waals surface area contributed by atoms with Gasteiger partial charge < -0.3 is 4.52 Å². The van der Waals surface area contributed by atoms with Gasteiger partial charge in [0.2, 0.25) is 5.89 Å². The van der Waals surface area contributed by atoms with Gasteiger partial charge in [-0.1, -0.05) is 77.9 Å². The van der Waals surface area contributed by atoms with Crippen molar-refractivity contribution in [2.45, 2.75) is 37.7 Å². The molecule has 8 heteroatoms. The number of hydrogen-bond acceptors (Lipinski definition) is 7. The number of hydrogen-bond donors (Lipinski definition) is 0. The predicted octanol–water partition coefficient (Wildman–Crippen LogP) is 5.89. The second-order valence-electron chi connectivity index (χ2n) is 7.89. The van der Waals surface area contributed by atoms with Crippen LogP contribution in [-0.4, -0.2) is 29.9 Å². The first-order valence-electron chi connectivity index (χ1n) is 11.1. The van der Waals surface area contributed by atoms with E-state index in [0.717, 1.165) is 38.7 Å². The maximum atomic E-state index is 5.22. The van der Waals surface area contributed by atoms with Crippen molar-refractivity contribution in [2.75, 3.05) is 0 Å². The van der Waals surface area contributed by atoms with Crippen molar-refractivity contribution in [3.8, 4) is 22.6 Å². The Labute approximate surface area is 202 Å². The van der Waals surface area contributed by atoms with Gasteiger partial charge in [-0.3, -0.25) is 4.57 Å². The second kappa shape index (κ2) is 9.61. The van der Waals surface area contributed by atoms with Crippen LogP contribution in [0.5, 0.6) is 0 Å². The summed E-state index contributed by atoms with van der Waals surface area (Å²) >= 11 is 1.53. The van der Waals surface area contributed by atoms with Crippen molar-refractivity contribution in [3.63, 3.8) is 0 Å². The number of aryl methyl sites for hydroxylation is 2. The molecule has 7 nitrogen and oxygen atoms in total. The number of aromatic nitrogens is 6. The van der Waals surface area contributed by atoms with E-state index in [2.05, 4.69) is 74.8 Å². The fraction of sp³-hybridized carbons (Fsp3) is 0.192. The van der Waals surface area contributed by atoms with Crippen molar-refractivity contribution < 1.29 is 4.52 Å². The maximum absolute atomic E-state index is 5.22. The first-order valence-corrected chi connectivity index (χ1v) is 12.1. The van der Waals surface area contributed by atoms with E-state index in [0.29, 0.717) is 30.4 Å². The van der Waals surface area contributed by atoms with Crippen LogP contribution in [0, 0.1) is 6.92 Å². The lowest BCUT2D eigenvalue weighted by Gasteiger charge is -2.12. The van der Waals surface area contributed by atoms with Gasteiger partial charge >= 0.3 is 0 Å². The topological polar surface area (TPSA) is 82.5 Å². The molecule has 0 spiro atoms. The smallest absolute Gasteiger partial charge is 0.226 e. The first-order chi connectivity index (χ1) is 16.7. The summed E-state index contributed by atoms with van der Waals surface area (Å²) in [6.07, 6.45) is 2.57. The quantitative estimate of drug-likeness (QED) is 0.207. The minimum atomic E-state index is 0.546. The molecule has 0 aliphatic carbocycles. The second-order valence-corrected chi connectivity index (χ2v) is 8.83. The Morgan fingerprint density at radius 2 is 1.88 bits per heavy atom. The number of para-hydroxylation sites is 1. The molecular weight excluding hydrogens is 444 g/mol. The van der Waals surface area contributed by atoms with Crippen LogP contribution in [-0.2, 0) is 18.7 Å². The van der Waals surface area contributed by atoms with Crippen LogP contribution in [0.1, 0.15) is 24.2 Å². The van der Waals surface area contributed by atoms with E-state index in [-0.39, 0.29) is 0 Å². The van der Waals surface area contributed by atoms with E-state index in [9.17, 15) is 0 Å². The molecule has 0 bridgehead atoms. The van der Waals surface area contributed by atoms with E-state index in [4.69, 9.17) is 9.51 Å². The molecule has 0 radical (unpaired) electrons. The summed E-state index contributed by atoms with van der Waals surface area (Å²) in [5.41, 5.74) is 5.07. The van der Waals surface area contributed by atoms with Gasteiger partial charge in [-0.15, -0.1) is 16.8 Å². The molecule has 0 aliphatic rings. The van der Waals surface area contributed by atoms with E-state index < -0.39 is 0 Å². The summed E-state index contributed by atoms with van der Waals surface area (Å²) in [4.78, 5) is 9.31. The lowest BCUT2D eigenvalue weighted by molar-refractivity contribution is 0.378. The fourth-order valence-corrected chi connectivity index (χ4v) is 4.53. The normalized spacial score (nSPS) is 11.2.